The van der Waals surface area contributed by atoms with Gasteiger partial charge < -0.3 is 9.57 Å². The first-order valence-corrected chi connectivity index (χ1v) is 9.73. The summed E-state index contributed by atoms with van der Waals surface area (Å²) >= 11 is 0. The van der Waals surface area contributed by atoms with Gasteiger partial charge >= 0.3 is 5.97 Å². The van der Waals surface area contributed by atoms with Gasteiger partial charge in [0, 0.05) is 13.1 Å². The average Bonchev–Trinajstić information content (AvgIpc) is 2.65. The zero-order valence-corrected chi connectivity index (χ0v) is 16.3. The van der Waals surface area contributed by atoms with Crippen LogP contribution in [0.1, 0.15) is 45.6 Å². The van der Waals surface area contributed by atoms with Crippen molar-refractivity contribution in [2.75, 3.05) is 32.8 Å². The number of hydrogen-bond acceptors (Lipinski definition) is 5. The first kappa shape index (κ1) is 20.4. The van der Waals surface area contributed by atoms with E-state index in [4.69, 9.17) is 9.57 Å². The maximum atomic E-state index is 11.9. The van der Waals surface area contributed by atoms with Crippen LogP contribution in [0.5, 0.6) is 0 Å². The molecule has 0 radical (unpaired) electrons. The highest BCUT2D eigenvalue weighted by Gasteiger charge is 2.26. The minimum Gasteiger partial charge on any atom is -0.466 e. The van der Waals surface area contributed by atoms with Crippen LogP contribution in [0.2, 0.25) is 0 Å². The van der Waals surface area contributed by atoms with E-state index in [-0.39, 0.29) is 11.9 Å². The molecule has 0 N–H and O–H groups in total. The molecule has 0 aromatic heterocycles. The molecule has 1 aromatic carbocycles. The maximum absolute atomic E-state index is 11.9. The second-order valence-electron chi connectivity index (χ2n) is 7.23. The number of carbonyl (C=O) groups excluding carboxylic acids is 1. The summed E-state index contributed by atoms with van der Waals surface area (Å²) in [5.74, 6) is 0.442. The van der Waals surface area contributed by atoms with Gasteiger partial charge in [-0.25, -0.2) is 0 Å². The third-order valence-corrected chi connectivity index (χ3v) is 4.51. The molecule has 0 unspecified atom stereocenters. The van der Waals surface area contributed by atoms with Crippen LogP contribution in [0.15, 0.2) is 35.5 Å². The molecular weight excluding hydrogens is 328 g/mol. The first-order valence-electron chi connectivity index (χ1n) is 9.73. The number of oxime groups is 1. The Labute approximate surface area is 157 Å². The topological polar surface area (TPSA) is 51.1 Å². The summed E-state index contributed by atoms with van der Waals surface area (Å²) in [5.41, 5.74) is 2.10. The largest absolute Gasteiger partial charge is 0.466 e. The normalized spacial score (nSPS) is 18.8. The van der Waals surface area contributed by atoms with Gasteiger partial charge in [0.25, 0.3) is 0 Å². The molecule has 1 saturated heterocycles. The van der Waals surface area contributed by atoms with Crippen molar-refractivity contribution in [1.82, 2.24) is 4.90 Å². The summed E-state index contributed by atoms with van der Waals surface area (Å²) in [7, 11) is 0. The van der Waals surface area contributed by atoms with Gasteiger partial charge in [-0.2, -0.15) is 0 Å². The second kappa shape index (κ2) is 11.0. The number of carbonyl (C=O) groups is 1. The minimum absolute atomic E-state index is 0.00646. The molecule has 2 rings (SSSR count). The molecular formula is C21H32N2O3. The molecule has 0 spiro atoms. The van der Waals surface area contributed by atoms with Gasteiger partial charge in [0.2, 0.25) is 0 Å². The number of ether oxygens (including phenoxy) is 1. The Hall–Kier alpha value is -1.88. The minimum atomic E-state index is -0.0700. The molecule has 5 nitrogen and oxygen atoms in total. The average molecular weight is 360 g/mol. The number of esters is 1. The summed E-state index contributed by atoms with van der Waals surface area (Å²) < 4.78 is 5.15. The van der Waals surface area contributed by atoms with Crippen molar-refractivity contribution in [2.45, 2.75) is 40.0 Å². The van der Waals surface area contributed by atoms with E-state index in [0.29, 0.717) is 19.1 Å². The van der Waals surface area contributed by atoms with E-state index in [9.17, 15) is 4.79 Å². The van der Waals surface area contributed by atoms with Crippen molar-refractivity contribution in [3.63, 3.8) is 0 Å². The molecule has 0 aliphatic carbocycles. The first-order chi connectivity index (χ1) is 12.6. The van der Waals surface area contributed by atoms with Gasteiger partial charge in [-0.1, -0.05) is 49.3 Å². The molecule has 0 bridgehead atoms. The third kappa shape index (κ3) is 6.79. The van der Waals surface area contributed by atoms with Gasteiger partial charge in [0.1, 0.15) is 6.61 Å². The van der Waals surface area contributed by atoms with Crippen LogP contribution in [0.3, 0.4) is 0 Å². The Morgan fingerprint density at radius 1 is 1.31 bits per heavy atom. The molecule has 1 aromatic rings. The van der Waals surface area contributed by atoms with Crippen molar-refractivity contribution in [3.8, 4) is 0 Å². The van der Waals surface area contributed by atoms with E-state index in [0.717, 1.165) is 50.2 Å². The van der Waals surface area contributed by atoms with Crippen LogP contribution < -0.4 is 0 Å². The monoisotopic (exact) mass is 360 g/mol. The Kier molecular flexibility index (Phi) is 8.62. The smallest absolute Gasteiger partial charge is 0.310 e. The lowest BCUT2D eigenvalue weighted by Gasteiger charge is -2.30. The summed E-state index contributed by atoms with van der Waals surface area (Å²) in [4.78, 5) is 19.8. The zero-order chi connectivity index (χ0) is 18.8. The lowest BCUT2D eigenvalue weighted by molar-refractivity contribution is -0.150. The maximum Gasteiger partial charge on any atom is 0.310 e. The summed E-state index contributed by atoms with van der Waals surface area (Å²) in [5, 5.41) is 4.40. The molecule has 26 heavy (non-hydrogen) atoms. The van der Waals surface area contributed by atoms with Gasteiger partial charge in [-0.15, -0.1) is 0 Å². The number of benzene rings is 1. The molecule has 1 fully saturated rings. The van der Waals surface area contributed by atoms with E-state index in [1.54, 1.807) is 0 Å². The predicted molar refractivity (Wildman–Crippen MR) is 104 cm³/mol. The molecule has 1 aliphatic rings. The van der Waals surface area contributed by atoms with E-state index < -0.39 is 0 Å². The van der Waals surface area contributed by atoms with E-state index >= 15 is 0 Å². The number of likely N-dealkylation sites (tertiary alicyclic amines) is 1. The fourth-order valence-electron chi connectivity index (χ4n) is 3.23. The Morgan fingerprint density at radius 2 is 2.08 bits per heavy atom. The standard InChI is InChI=1S/C21H32N2O3/c1-4-25-21(24)19-11-8-12-23(16-19)13-14-26-22-20(15-17(2)3)18-9-6-5-7-10-18/h5-7,9-10,17,19H,4,8,11-16H2,1-3H3/t19-/m1/s1. The summed E-state index contributed by atoms with van der Waals surface area (Å²) in [6.45, 7) is 9.73. The van der Waals surface area contributed by atoms with Crippen LogP contribution in [0, 0.1) is 11.8 Å². The van der Waals surface area contributed by atoms with E-state index in [1.165, 1.54) is 0 Å². The highest BCUT2D eigenvalue weighted by atomic mass is 16.6. The number of hydrogen-bond donors (Lipinski definition) is 0. The second-order valence-corrected chi connectivity index (χ2v) is 7.23. The number of nitrogens with zero attached hydrogens (tertiary/aromatic N) is 2. The molecule has 0 saturated carbocycles. The van der Waals surface area contributed by atoms with Crippen molar-refractivity contribution >= 4 is 11.7 Å². The molecule has 5 heteroatoms. The fraction of sp³-hybridized carbons (Fsp3) is 0.619. The molecule has 144 valence electrons. The van der Waals surface area contributed by atoms with E-state index in [1.807, 2.05) is 25.1 Å². The van der Waals surface area contributed by atoms with Crippen LogP contribution in [-0.4, -0.2) is 49.4 Å². The zero-order valence-electron chi connectivity index (χ0n) is 16.3. The Morgan fingerprint density at radius 3 is 2.77 bits per heavy atom. The van der Waals surface area contributed by atoms with E-state index in [2.05, 4.69) is 36.0 Å². The van der Waals surface area contributed by atoms with Crippen molar-refractivity contribution in [2.24, 2.45) is 17.0 Å². The number of piperidine rings is 1. The lowest BCUT2D eigenvalue weighted by atomic mass is 9.98. The van der Waals surface area contributed by atoms with Crippen LogP contribution >= 0.6 is 0 Å². The van der Waals surface area contributed by atoms with Crippen LogP contribution in [0.4, 0.5) is 0 Å². The third-order valence-electron chi connectivity index (χ3n) is 4.51. The van der Waals surface area contributed by atoms with Crippen molar-refractivity contribution in [3.05, 3.63) is 35.9 Å². The summed E-state index contributed by atoms with van der Waals surface area (Å²) in [6, 6.07) is 10.2. The van der Waals surface area contributed by atoms with Crippen LogP contribution in [-0.2, 0) is 14.4 Å². The van der Waals surface area contributed by atoms with Crippen LogP contribution in [0.25, 0.3) is 0 Å². The predicted octanol–water partition coefficient (Wildman–Crippen LogP) is 3.73. The number of rotatable bonds is 9. The molecule has 1 atom stereocenters. The Bertz CT molecular complexity index is 572. The highest BCUT2D eigenvalue weighted by Crippen LogP contribution is 2.17. The molecule has 0 amide bonds. The van der Waals surface area contributed by atoms with Gasteiger partial charge in [-0.3, -0.25) is 9.69 Å². The van der Waals surface area contributed by atoms with Gasteiger partial charge in [-0.05, 0) is 44.2 Å². The van der Waals surface area contributed by atoms with Crippen molar-refractivity contribution < 1.29 is 14.4 Å². The molecule has 1 heterocycles. The van der Waals surface area contributed by atoms with Gasteiger partial charge in [0.15, 0.2) is 0 Å². The van der Waals surface area contributed by atoms with Crippen molar-refractivity contribution in [1.29, 1.82) is 0 Å². The quantitative estimate of drug-likeness (QED) is 0.291. The summed E-state index contributed by atoms with van der Waals surface area (Å²) in [6.07, 6.45) is 2.83. The molecule has 1 aliphatic heterocycles. The lowest BCUT2D eigenvalue weighted by Crippen LogP contribution is -2.40. The fourth-order valence-corrected chi connectivity index (χ4v) is 3.23. The SMILES string of the molecule is CCOC(=O)[C@@H]1CCCN(CCON=C(CC(C)C)c2ccccc2)C1. The highest BCUT2D eigenvalue weighted by molar-refractivity contribution is 6.00. The Balaban J connectivity index is 1.83. The van der Waals surface area contributed by atoms with Gasteiger partial charge in [0.05, 0.1) is 18.2 Å².